The Kier molecular flexibility index (Phi) is 11.8. The van der Waals surface area contributed by atoms with E-state index in [0.717, 1.165) is 11.5 Å². The summed E-state index contributed by atoms with van der Waals surface area (Å²) in [6, 6.07) is 58.9. The van der Waals surface area contributed by atoms with Crippen LogP contribution in [-0.2, 0) is 33.3 Å². The lowest BCUT2D eigenvalue weighted by Crippen LogP contribution is -2.10. The van der Waals surface area contributed by atoms with Crippen LogP contribution in [0.5, 0.6) is 0 Å². The van der Waals surface area contributed by atoms with Gasteiger partial charge in [-0.15, -0.1) is 0 Å². The zero-order valence-electron chi connectivity index (χ0n) is 29.5. The van der Waals surface area contributed by atoms with Gasteiger partial charge in [0, 0.05) is 32.9 Å². The van der Waals surface area contributed by atoms with Crippen LogP contribution in [0.1, 0.15) is 48.4 Å². The van der Waals surface area contributed by atoms with Crippen LogP contribution in [0.25, 0.3) is 32.7 Å². The number of hydrogen-bond acceptors (Lipinski definition) is 1. The van der Waals surface area contributed by atoms with Gasteiger partial charge in [0.15, 0.2) is 9.79 Å². The molecule has 7 aromatic rings. The van der Waals surface area contributed by atoms with E-state index in [-0.39, 0.29) is 10.9 Å². The zero-order chi connectivity index (χ0) is 34.9. The van der Waals surface area contributed by atoms with Crippen LogP contribution in [0.2, 0.25) is 0 Å². The van der Waals surface area contributed by atoms with Gasteiger partial charge in [-0.25, -0.2) is 0 Å². The van der Waals surface area contributed by atoms with Gasteiger partial charge < -0.3 is 0 Å². The van der Waals surface area contributed by atoms with Crippen LogP contribution in [-0.4, -0.2) is 12.5 Å². The lowest BCUT2D eigenvalue weighted by Gasteiger charge is -2.16. The van der Waals surface area contributed by atoms with E-state index >= 15 is 0 Å². The molecule has 0 N–H and O–H groups in total. The van der Waals surface area contributed by atoms with Crippen LogP contribution in [0.4, 0.5) is 0 Å². The second-order valence-electron chi connectivity index (χ2n) is 12.9. The maximum Gasteiger partial charge on any atom is 0.155 e. The fourth-order valence-electron chi connectivity index (χ4n) is 6.39. The van der Waals surface area contributed by atoms with Crippen LogP contribution in [0.3, 0.4) is 0 Å². The van der Waals surface area contributed by atoms with Gasteiger partial charge in [-0.1, -0.05) is 129 Å². The van der Waals surface area contributed by atoms with Crippen LogP contribution < -0.4 is 0 Å². The lowest BCUT2D eigenvalue weighted by atomic mass is 9.90. The number of fused-ring (bicyclic) bond motifs is 2. The molecule has 0 heterocycles. The topological polar surface area (TPSA) is 23.8 Å². The monoisotopic (exact) mass is 687 g/mol. The Morgan fingerprint density at radius 3 is 1.78 bits per heavy atom. The quantitative estimate of drug-likeness (QED) is 0.109. The van der Waals surface area contributed by atoms with Crippen molar-refractivity contribution in [3.05, 3.63) is 180 Å². The summed E-state index contributed by atoms with van der Waals surface area (Å²) >= 11 is 0. The van der Waals surface area contributed by atoms with Gasteiger partial charge in [-0.3, -0.25) is 0 Å². The molecule has 7 rings (SSSR count). The molecule has 50 heavy (non-hydrogen) atoms. The van der Waals surface area contributed by atoms with Crippen molar-refractivity contribution in [3.8, 4) is 17.2 Å². The fourth-order valence-corrected chi connectivity index (χ4v) is 9.27. The lowest BCUT2D eigenvalue weighted by molar-refractivity contribution is 0.733. The second kappa shape index (κ2) is 16.8. The molecular formula is C47H45NS2+2. The Hall–Kier alpha value is -4.75. The normalized spacial score (nSPS) is 12.2. The van der Waals surface area contributed by atoms with Crippen molar-refractivity contribution in [1.29, 1.82) is 5.26 Å². The second-order valence-corrected chi connectivity index (χ2v) is 17.1. The summed E-state index contributed by atoms with van der Waals surface area (Å²) < 4.78 is 0. The smallest absolute Gasteiger partial charge is 0.155 e. The van der Waals surface area contributed by atoms with E-state index in [0.29, 0.717) is 22.4 Å². The molecule has 1 nitrogen and oxygen atoms in total. The first-order chi connectivity index (χ1) is 24.4. The van der Waals surface area contributed by atoms with Crippen molar-refractivity contribution in [2.24, 2.45) is 0 Å². The van der Waals surface area contributed by atoms with Gasteiger partial charge in [0.25, 0.3) is 0 Å². The molecule has 0 aliphatic heterocycles. The standard InChI is InChI=1S/C35H26NS.C12H19S/c36-23-26-18-20-27(21-19-26)24-37(31-13-2-1-3-14-31)25-30-12-6-9-17-34(30)35-32-15-7-4-10-28(32)22-29-11-5-8-16-33(29)35;1-5-10(2)11-6-8-12(9-7-11)13(3)4/h1-22H,24-25H2;6-10H,5H2,1-4H3/q2*+1. The first-order valence-electron chi connectivity index (χ1n) is 17.3. The average molecular weight is 688 g/mol. The molecule has 0 amide bonds. The number of nitriles is 1. The summed E-state index contributed by atoms with van der Waals surface area (Å²) in [6.45, 7) is 4.52. The third-order valence-electron chi connectivity index (χ3n) is 9.42. The number of benzene rings is 7. The summed E-state index contributed by atoms with van der Waals surface area (Å²) in [4.78, 5) is 2.83. The molecule has 0 fully saturated rings. The Morgan fingerprint density at radius 1 is 0.600 bits per heavy atom. The highest BCUT2D eigenvalue weighted by molar-refractivity contribution is 7.95. The third kappa shape index (κ3) is 8.33. The molecule has 3 heteroatoms. The summed E-state index contributed by atoms with van der Waals surface area (Å²) in [5, 5.41) is 14.3. The predicted octanol–water partition coefficient (Wildman–Crippen LogP) is 12.3. The predicted molar refractivity (Wildman–Crippen MR) is 220 cm³/mol. The third-order valence-corrected chi connectivity index (χ3v) is 12.9. The van der Waals surface area contributed by atoms with Crippen LogP contribution in [0.15, 0.2) is 168 Å². The maximum atomic E-state index is 9.22. The molecule has 0 aliphatic carbocycles. The van der Waals surface area contributed by atoms with Gasteiger partial charge >= 0.3 is 0 Å². The van der Waals surface area contributed by atoms with Gasteiger partial charge in [0.2, 0.25) is 0 Å². The Labute approximate surface area is 304 Å². The minimum absolute atomic E-state index is 0.0328. The van der Waals surface area contributed by atoms with E-state index in [2.05, 4.69) is 178 Å². The van der Waals surface area contributed by atoms with E-state index in [9.17, 15) is 5.26 Å². The first kappa shape index (κ1) is 35.1. The number of rotatable bonds is 9. The molecule has 0 saturated heterocycles. The first-order valence-corrected chi connectivity index (χ1v) is 20.9. The Morgan fingerprint density at radius 2 is 1.18 bits per heavy atom. The number of hydrogen-bond donors (Lipinski definition) is 0. The van der Waals surface area contributed by atoms with Crippen LogP contribution in [0, 0.1) is 11.3 Å². The molecule has 248 valence electrons. The van der Waals surface area contributed by atoms with Crippen molar-refractivity contribution >= 4 is 43.3 Å². The van der Waals surface area contributed by atoms with Gasteiger partial charge in [0.1, 0.15) is 24.0 Å². The fraction of sp³-hybridized carbons (Fsp3) is 0.170. The zero-order valence-corrected chi connectivity index (χ0v) is 31.1. The van der Waals surface area contributed by atoms with Gasteiger partial charge in [0.05, 0.1) is 11.6 Å². The van der Waals surface area contributed by atoms with E-state index in [1.807, 2.05) is 12.1 Å². The molecule has 2 unspecified atom stereocenters. The largest absolute Gasteiger partial charge is 0.192 e. The summed E-state index contributed by atoms with van der Waals surface area (Å²) in [5.74, 6) is 2.60. The highest BCUT2D eigenvalue weighted by atomic mass is 32.2. The molecule has 2 atom stereocenters. The molecule has 0 spiro atoms. The summed E-state index contributed by atoms with van der Waals surface area (Å²) in [6.07, 6.45) is 5.75. The van der Waals surface area contributed by atoms with E-state index in [1.54, 1.807) is 0 Å². The molecular weight excluding hydrogens is 643 g/mol. The molecule has 7 aromatic carbocycles. The maximum absolute atomic E-state index is 9.22. The van der Waals surface area contributed by atoms with E-state index in [4.69, 9.17) is 0 Å². The highest BCUT2D eigenvalue weighted by Crippen LogP contribution is 2.39. The van der Waals surface area contributed by atoms with Crippen molar-refractivity contribution < 1.29 is 0 Å². The molecule has 0 aromatic heterocycles. The SMILES string of the molecule is CCC(C)c1ccc([S+](C)C)cc1.N#Cc1ccc(C[S+](Cc2ccccc2-c2c3ccccc3cc3ccccc23)c2ccccc2)cc1. The van der Waals surface area contributed by atoms with Crippen molar-refractivity contribution in [2.45, 2.75) is 47.5 Å². The minimum atomic E-state index is -0.0328. The molecule has 0 radical (unpaired) electrons. The number of nitrogens with zero attached hydrogens (tertiary/aromatic N) is 1. The minimum Gasteiger partial charge on any atom is -0.192 e. The van der Waals surface area contributed by atoms with Crippen molar-refractivity contribution in [1.82, 2.24) is 0 Å². The van der Waals surface area contributed by atoms with E-state index < -0.39 is 0 Å². The summed E-state index contributed by atoms with van der Waals surface area (Å²) in [7, 11) is 0.365. The molecule has 0 aliphatic rings. The van der Waals surface area contributed by atoms with Crippen molar-refractivity contribution in [2.75, 3.05) is 12.5 Å². The Bertz CT molecular complexity index is 2140. The van der Waals surface area contributed by atoms with Gasteiger partial charge in [-0.2, -0.15) is 5.26 Å². The van der Waals surface area contributed by atoms with E-state index in [1.165, 1.54) is 65.6 Å². The highest BCUT2D eigenvalue weighted by Gasteiger charge is 2.25. The average Bonchev–Trinajstić information content (AvgIpc) is 3.17. The summed E-state index contributed by atoms with van der Waals surface area (Å²) in [5.41, 5.74) is 7.43. The van der Waals surface area contributed by atoms with Crippen molar-refractivity contribution in [3.63, 3.8) is 0 Å². The van der Waals surface area contributed by atoms with Gasteiger partial charge in [-0.05, 0) is 93.0 Å². The van der Waals surface area contributed by atoms with Crippen LogP contribution >= 0.6 is 0 Å². The Balaban J connectivity index is 0.000000281. The molecule has 0 saturated carbocycles. The molecule has 0 bridgehead atoms.